The van der Waals surface area contributed by atoms with E-state index in [-0.39, 0.29) is 0 Å². The first-order valence-electron chi connectivity index (χ1n) is 6.94. The SMILES string of the molecule is COc1ccc2cc(C#Cc3ccccc3C=O)ccc2c1. The van der Waals surface area contributed by atoms with E-state index in [2.05, 4.69) is 11.8 Å². The third kappa shape index (κ3) is 2.84. The molecule has 0 aliphatic heterocycles. The van der Waals surface area contributed by atoms with Crippen molar-refractivity contribution in [3.63, 3.8) is 0 Å². The van der Waals surface area contributed by atoms with E-state index in [4.69, 9.17) is 4.74 Å². The summed E-state index contributed by atoms with van der Waals surface area (Å²) in [5, 5.41) is 2.22. The molecule has 3 aromatic rings. The Kier molecular flexibility index (Phi) is 3.89. The van der Waals surface area contributed by atoms with Gasteiger partial charge in [-0.15, -0.1) is 0 Å². The van der Waals surface area contributed by atoms with E-state index in [1.165, 1.54) is 0 Å². The van der Waals surface area contributed by atoms with E-state index >= 15 is 0 Å². The molecule has 106 valence electrons. The van der Waals surface area contributed by atoms with E-state index in [0.29, 0.717) is 5.56 Å². The van der Waals surface area contributed by atoms with Crippen molar-refractivity contribution in [1.82, 2.24) is 0 Å². The fourth-order valence-electron chi connectivity index (χ4n) is 2.28. The van der Waals surface area contributed by atoms with Crippen LogP contribution in [0.15, 0.2) is 60.7 Å². The molecule has 0 spiro atoms. The minimum atomic E-state index is 0.612. The molecule has 0 aliphatic carbocycles. The van der Waals surface area contributed by atoms with Gasteiger partial charge in [0.15, 0.2) is 6.29 Å². The predicted molar refractivity (Wildman–Crippen MR) is 88.3 cm³/mol. The van der Waals surface area contributed by atoms with Crippen molar-refractivity contribution in [2.45, 2.75) is 0 Å². The van der Waals surface area contributed by atoms with Gasteiger partial charge in [-0.3, -0.25) is 4.79 Å². The molecule has 0 amide bonds. The maximum Gasteiger partial charge on any atom is 0.151 e. The molecule has 3 aromatic carbocycles. The lowest BCUT2D eigenvalue weighted by atomic mass is 10.1. The molecule has 0 radical (unpaired) electrons. The second kappa shape index (κ2) is 6.15. The highest BCUT2D eigenvalue weighted by molar-refractivity contribution is 5.85. The molecule has 0 heterocycles. The van der Waals surface area contributed by atoms with E-state index in [9.17, 15) is 4.79 Å². The molecule has 0 unspecified atom stereocenters. The Morgan fingerprint density at radius 2 is 1.68 bits per heavy atom. The van der Waals surface area contributed by atoms with Crippen LogP contribution in [0.4, 0.5) is 0 Å². The number of carbonyl (C=O) groups excluding carboxylic acids is 1. The van der Waals surface area contributed by atoms with Crippen molar-refractivity contribution in [1.29, 1.82) is 0 Å². The minimum absolute atomic E-state index is 0.612. The van der Waals surface area contributed by atoms with Crippen molar-refractivity contribution in [2.24, 2.45) is 0 Å². The monoisotopic (exact) mass is 286 g/mol. The molecule has 0 fully saturated rings. The summed E-state index contributed by atoms with van der Waals surface area (Å²) in [4.78, 5) is 11.0. The summed E-state index contributed by atoms with van der Waals surface area (Å²) in [7, 11) is 1.66. The Balaban J connectivity index is 1.98. The van der Waals surface area contributed by atoms with Gasteiger partial charge in [0.05, 0.1) is 7.11 Å². The molecular formula is C20H14O2. The zero-order valence-electron chi connectivity index (χ0n) is 12.2. The molecule has 0 saturated carbocycles. The second-order valence-corrected chi connectivity index (χ2v) is 4.88. The molecule has 0 saturated heterocycles. The lowest BCUT2D eigenvalue weighted by Crippen LogP contribution is -1.86. The van der Waals surface area contributed by atoms with Crippen molar-refractivity contribution in [2.75, 3.05) is 7.11 Å². The van der Waals surface area contributed by atoms with E-state index in [0.717, 1.165) is 33.9 Å². The van der Waals surface area contributed by atoms with Crippen LogP contribution in [0.2, 0.25) is 0 Å². The van der Waals surface area contributed by atoms with E-state index in [1.54, 1.807) is 13.2 Å². The molecule has 0 bridgehead atoms. The number of carbonyl (C=O) groups is 1. The van der Waals surface area contributed by atoms with Gasteiger partial charge in [0.25, 0.3) is 0 Å². The van der Waals surface area contributed by atoms with Gasteiger partial charge in [-0.05, 0) is 41.1 Å². The van der Waals surface area contributed by atoms with Gasteiger partial charge in [0.1, 0.15) is 5.75 Å². The quantitative estimate of drug-likeness (QED) is 0.524. The number of fused-ring (bicyclic) bond motifs is 1. The fourth-order valence-corrected chi connectivity index (χ4v) is 2.28. The number of hydrogen-bond donors (Lipinski definition) is 0. The highest BCUT2D eigenvalue weighted by atomic mass is 16.5. The summed E-state index contributed by atoms with van der Waals surface area (Å²) in [5.41, 5.74) is 2.27. The van der Waals surface area contributed by atoms with Crippen molar-refractivity contribution >= 4 is 17.1 Å². The summed E-state index contributed by atoms with van der Waals surface area (Å²) >= 11 is 0. The number of rotatable bonds is 2. The van der Waals surface area contributed by atoms with E-state index < -0.39 is 0 Å². The van der Waals surface area contributed by atoms with Crippen LogP contribution in [-0.2, 0) is 0 Å². The zero-order chi connectivity index (χ0) is 15.4. The molecule has 2 heteroatoms. The first kappa shape index (κ1) is 13.9. The Morgan fingerprint density at radius 1 is 0.909 bits per heavy atom. The lowest BCUT2D eigenvalue weighted by molar-refractivity contribution is 0.112. The highest BCUT2D eigenvalue weighted by Crippen LogP contribution is 2.21. The minimum Gasteiger partial charge on any atom is -0.497 e. The van der Waals surface area contributed by atoms with Crippen LogP contribution < -0.4 is 4.74 Å². The predicted octanol–water partition coefficient (Wildman–Crippen LogP) is 4.06. The standard InChI is InChI=1S/C20H14O2/c1-22-20-11-10-17-12-15(7-9-18(17)13-20)6-8-16-4-2-3-5-19(16)14-21/h2-5,7,9-14H,1H3. The van der Waals surface area contributed by atoms with Gasteiger partial charge in [0, 0.05) is 16.7 Å². The van der Waals surface area contributed by atoms with Crippen LogP contribution in [0.25, 0.3) is 10.8 Å². The molecular weight excluding hydrogens is 272 g/mol. The number of hydrogen-bond acceptors (Lipinski definition) is 2. The number of ether oxygens (including phenoxy) is 1. The van der Waals surface area contributed by atoms with Crippen molar-refractivity contribution in [3.05, 3.63) is 77.4 Å². The highest BCUT2D eigenvalue weighted by Gasteiger charge is 1.98. The van der Waals surface area contributed by atoms with Crippen LogP contribution in [0.1, 0.15) is 21.5 Å². The fraction of sp³-hybridized carbons (Fsp3) is 0.0500. The molecule has 0 N–H and O–H groups in total. The Morgan fingerprint density at radius 3 is 2.50 bits per heavy atom. The first-order chi connectivity index (χ1) is 10.8. The second-order valence-electron chi connectivity index (χ2n) is 4.88. The van der Waals surface area contributed by atoms with Crippen LogP contribution in [-0.4, -0.2) is 13.4 Å². The largest absolute Gasteiger partial charge is 0.497 e. The third-order valence-corrected chi connectivity index (χ3v) is 3.48. The van der Waals surface area contributed by atoms with Gasteiger partial charge in [0.2, 0.25) is 0 Å². The Labute approximate surface area is 129 Å². The maximum absolute atomic E-state index is 11.0. The zero-order valence-corrected chi connectivity index (χ0v) is 12.2. The summed E-state index contributed by atoms with van der Waals surface area (Å²) in [6.07, 6.45) is 0.830. The molecule has 0 aliphatic rings. The molecule has 2 nitrogen and oxygen atoms in total. The summed E-state index contributed by atoms with van der Waals surface area (Å²) in [6, 6.07) is 19.3. The number of benzene rings is 3. The molecule has 22 heavy (non-hydrogen) atoms. The topological polar surface area (TPSA) is 26.3 Å². The van der Waals surface area contributed by atoms with Crippen molar-refractivity contribution in [3.8, 4) is 17.6 Å². The van der Waals surface area contributed by atoms with Crippen LogP contribution >= 0.6 is 0 Å². The van der Waals surface area contributed by atoms with Gasteiger partial charge >= 0.3 is 0 Å². The molecule has 0 aromatic heterocycles. The number of aldehydes is 1. The lowest BCUT2D eigenvalue weighted by Gasteiger charge is -2.02. The summed E-state index contributed by atoms with van der Waals surface area (Å²) in [5.74, 6) is 7.02. The first-order valence-corrected chi connectivity index (χ1v) is 6.94. The van der Waals surface area contributed by atoms with Crippen LogP contribution in [0, 0.1) is 11.8 Å². The summed E-state index contributed by atoms with van der Waals surface area (Å²) < 4.78 is 5.22. The number of methoxy groups -OCH3 is 1. The van der Waals surface area contributed by atoms with Crippen molar-refractivity contribution < 1.29 is 9.53 Å². The van der Waals surface area contributed by atoms with Crippen LogP contribution in [0.5, 0.6) is 5.75 Å². The van der Waals surface area contributed by atoms with Gasteiger partial charge in [-0.2, -0.15) is 0 Å². The average Bonchev–Trinajstić information content (AvgIpc) is 2.59. The Hall–Kier alpha value is -3.05. The van der Waals surface area contributed by atoms with Gasteiger partial charge in [-0.1, -0.05) is 42.2 Å². The van der Waals surface area contributed by atoms with E-state index in [1.807, 2.05) is 54.6 Å². The maximum atomic E-state index is 11.0. The van der Waals surface area contributed by atoms with Gasteiger partial charge < -0.3 is 4.74 Å². The average molecular weight is 286 g/mol. The molecule has 0 atom stereocenters. The summed E-state index contributed by atoms with van der Waals surface area (Å²) in [6.45, 7) is 0. The van der Waals surface area contributed by atoms with Gasteiger partial charge in [-0.25, -0.2) is 0 Å². The molecule has 3 rings (SSSR count). The third-order valence-electron chi connectivity index (χ3n) is 3.48. The van der Waals surface area contributed by atoms with Crippen LogP contribution in [0.3, 0.4) is 0 Å². The normalized spacial score (nSPS) is 9.86. The Bertz CT molecular complexity index is 898. The smallest absolute Gasteiger partial charge is 0.151 e.